The van der Waals surface area contributed by atoms with Crippen LogP contribution >= 0.6 is 15.9 Å². The summed E-state index contributed by atoms with van der Waals surface area (Å²) in [7, 11) is 0. The van der Waals surface area contributed by atoms with Crippen LogP contribution in [0, 0.1) is 0 Å². The molecule has 2 rings (SSSR count). The molecule has 0 aliphatic heterocycles. The molecule has 0 bridgehead atoms. The Bertz CT molecular complexity index is 729. The molecule has 1 aromatic carbocycles. The van der Waals surface area contributed by atoms with Crippen molar-refractivity contribution in [3.63, 3.8) is 0 Å². The highest BCUT2D eigenvalue weighted by molar-refractivity contribution is 9.10. The van der Waals surface area contributed by atoms with Gasteiger partial charge in [-0.15, -0.1) is 0 Å². The van der Waals surface area contributed by atoms with Crippen LogP contribution in [-0.2, 0) is 11.2 Å². The summed E-state index contributed by atoms with van der Waals surface area (Å²) in [5.74, 6) is -0.473. The highest BCUT2D eigenvalue weighted by Gasteiger charge is 2.18. The van der Waals surface area contributed by atoms with Crippen molar-refractivity contribution in [2.45, 2.75) is 26.3 Å². The largest absolute Gasteiger partial charge is 0.444 e. The molecular formula is C20H26BrN3O3. The van der Waals surface area contributed by atoms with E-state index in [4.69, 9.17) is 4.42 Å². The lowest BCUT2D eigenvalue weighted by atomic mass is 10.0. The van der Waals surface area contributed by atoms with Gasteiger partial charge in [0.05, 0.1) is 6.54 Å². The van der Waals surface area contributed by atoms with Crippen LogP contribution in [0.15, 0.2) is 51.6 Å². The molecule has 27 heavy (non-hydrogen) atoms. The third-order valence-corrected chi connectivity index (χ3v) is 4.81. The fourth-order valence-corrected chi connectivity index (χ4v) is 3.24. The van der Waals surface area contributed by atoms with Crippen molar-refractivity contribution in [2.75, 3.05) is 26.2 Å². The number of amides is 2. The Morgan fingerprint density at radius 2 is 1.78 bits per heavy atom. The summed E-state index contributed by atoms with van der Waals surface area (Å²) in [6, 6.07) is 13.6. The van der Waals surface area contributed by atoms with Crippen LogP contribution in [0.2, 0.25) is 0 Å². The minimum Gasteiger partial charge on any atom is -0.444 e. The number of nitrogens with one attached hydrogen (secondary N) is 2. The summed E-state index contributed by atoms with van der Waals surface area (Å²) in [5, 5.41) is 5.49. The van der Waals surface area contributed by atoms with E-state index in [1.54, 1.807) is 12.1 Å². The second kappa shape index (κ2) is 10.9. The SMILES string of the molecule is CCN(CC)C(CNC(=O)CNC(=O)c1ccc(Br)o1)Cc1ccccc1. The number of nitrogens with zero attached hydrogens (tertiary/aromatic N) is 1. The number of likely N-dealkylation sites (N-methyl/N-ethyl adjacent to an activating group) is 1. The van der Waals surface area contributed by atoms with Crippen molar-refractivity contribution in [3.05, 3.63) is 58.5 Å². The van der Waals surface area contributed by atoms with Gasteiger partial charge in [-0.25, -0.2) is 0 Å². The molecule has 6 nitrogen and oxygen atoms in total. The number of furan rings is 1. The Labute approximate surface area is 168 Å². The molecule has 2 amide bonds. The number of benzene rings is 1. The average Bonchev–Trinajstić information content (AvgIpc) is 3.12. The van der Waals surface area contributed by atoms with Crippen molar-refractivity contribution >= 4 is 27.7 Å². The van der Waals surface area contributed by atoms with Crippen LogP contribution in [0.25, 0.3) is 0 Å². The Kier molecular flexibility index (Phi) is 8.54. The monoisotopic (exact) mass is 435 g/mol. The summed E-state index contributed by atoms with van der Waals surface area (Å²) in [4.78, 5) is 26.4. The Morgan fingerprint density at radius 3 is 2.37 bits per heavy atom. The topological polar surface area (TPSA) is 74.6 Å². The third kappa shape index (κ3) is 6.84. The quantitative estimate of drug-likeness (QED) is 0.601. The maximum Gasteiger partial charge on any atom is 0.287 e. The van der Waals surface area contributed by atoms with Gasteiger partial charge in [-0.1, -0.05) is 44.2 Å². The van der Waals surface area contributed by atoms with E-state index < -0.39 is 5.91 Å². The maximum atomic E-state index is 12.2. The van der Waals surface area contributed by atoms with E-state index in [-0.39, 0.29) is 24.3 Å². The van der Waals surface area contributed by atoms with Gasteiger partial charge in [-0.3, -0.25) is 14.5 Å². The van der Waals surface area contributed by atoms with Crippen LogP contribution in [0.5, 0.6) is 0 Å². The number of rotatable bonds is 10. The first-order chi connectivity index (χ1) is 13.0. The molecule has 1 atom stereocenters. The molecule has 0 fully saturated rings. The lowest BCUT2D eigenvalue weighted by Crippen LogP contribution is -2.47. The minimum absolute atomic E-state index is 0.0898. The highest BCUT2D eigenvalue weighted by atomic mass is 79.9. The van der Waals surface area contributed by atoms with E-state index in [0.717, 1.165) is 19.5 Å². The minimum atomic E-state index is -0.416. The average molecular weight is 436 g/mol. The molecule has 2 aromatic rings. The zero-order valence-electron chi connectivity index (χ0n) is 15.7. The van der Waals surface area contributed by atoms with E-state index in [9.17, 15) is 9.59 Å². The van der Waals surface area contributed by atoms with Crippen molar-refractivity contribution < 1.29 is 14.0 Å². The van der Waals surface area contributed by atoms with E-state index in [2.05, 4.69) is 57.4 Å². The van der Waals surface area contributed by atoms with E-state index in [0.29, 0.717) is 11.2 Å². The fraction of sp³-hybridized carbons (Fsp3) is 0.400. The first-order valence-corrected chi connectivity index (χ1v) is 9.91. The number of hydrogen-bond acceptors (Lipinski definition) is 4. The molecule has 1 unspecified atom stereocenters. The van der Waals surface area contributed by atoms with Crippen LogP contribution in [0.3, 0.4) is 0 Å². The third-order valence-electron chi connectivity index (χ3n) is 4.38. The summed E-state index contributed by atoms with van der Waals surface area (Å²) in [6.07, 6.45) is 0.857. The molecule has 0 spiro atoms. The van der Waals surface area contributed by atoms with Gasteiger partial charge < -0.3 is 15.1 Å². The normalized spacial score (nSPS) is 12.0. The molecule has 0 saturated carbocycles. The molecule has 2 N–H and O–H groups in total. The van der Waals surface area contributed by atoms with E-state index in [1.807, 2.05) is 18.2 Å². The molecule has 0 saturated heterocycles. The first kappa shape index (κ1) is 21.2. The van der Waals surface area contributed by atoms with Crippen molar-refractivity contribution in [3.8, 4) is 0 Å². The molecule has 0 aliphatic carbocycles. The summed E-state index contributed by atoms with van der Waals surface area (Å²) >= 11 is 3.14. The van der Waals surface area contributed by atoms with Gasteiger partial charge in [0.25, 0.3) is 5.91 Å². The number of halogens is 1. The van der Waals surface area contributed by atoms with Gasteiger partial charge in [0.1, 0.15) is 0 Å². The molecule has 1 aromatic heterocycles. The highest BCUT2D eigenvalue weighted by Crippen LogP contribution is 2.13. The smallest absolute Gasteiger partial charge is 0.287 e. The number of hydrogen-bond donors (Lipinski definition) is 2. The van der Waals surface area contributed by atoms with Crippen molar-refractivity contribution in [2.24, 2.45) is 0 Å². The molecule has 0 aliphatic rings. The number of carbonyl (C=O) groups is 2. The van der Waals surface area contributed by atoms with Crippen molar-refractivity contribution in [1.82, 2.24) is 15.5 Å². The van der Waals surface area contributed by atoms with Crippen LogP contribution in [0.1, 0.15) is 30.0 Å². The molecular weight excluding hydrogens is 410 g/mol. The van der Waals surface area contributed by atoms with Gasteiger partial charge in [-0.05, 0) is 53.1 Å². The summed E-state index contributed by atoms with van der Waals surface area (Å²) < 4.78 is 5.64. The van der Waals surface area contributed by atoms with Gasteiger partial charge in [0.2, 0.25) is 5.91 Å². The van der Waals surface area contributed by atoms with E-state index in [1.165, 1.54) is 5.56 Å². The molecule has 1 heterocycles. The summed E-state index contributed by atoms with van der Waals surface area (Å²) in [5.41, 5.74) is 1.24. The predicted molar refractivity (Wildman–Crippen MR) is 109 cm³/mol. The Balaban J connectivity index is 1.85. The van der Waals surface area contributed by atoms with Gasteiger partial charge in [0.15, 0.2) is 10.4 Å². The van der Waals surface area contributed by atoms with Crippen LogP contribution in [-0.4, -0.2) is 48.9 Å². The lowest BCUT2D eigenvalue weighted by Gasteiger charge is -2.30. The second-order valence-corrected chi connectivity index (χ2v) is 6.94. The molecule has 7 heteroatoms. The number of carbonyl (C=O) groups excluding carboxylic acids is 2. The zero-order valence-corrected chi connectivity index (χ0v) is 17.3. The molecule has 0 radical (unpaired) electrons. The first-order valence-electron chi connectivity index (χ1n) is 9.11. The zero-order chi connectivity index (χ0) is 19.6. The molecule has 146 valence electrons. The standard InChI is InChI=1S/C20H26BrN3O3/c1-3-24(4-2)16(12-15-8-6-5-7-9-15)13-22-19(25)14-23-20(26)17-10-11-18(21)27-17/h5-11,16H,3-4,12-14H2,1-2H3,(H,22,25)(H,23,26). The fourth-order valence-electron chi connectivity index (χ4n) is 2.93. The van der Waals surface area contributed by atoms with Crippen LogP contribution < -0.4 is 10.6 Å². The van der Waals surface area contributed by atoms with E-state index >= 15 is 0 Å². The Hall–Kier alpha value is -2.12. The maximum absolute atomic E-state index is 12.2. The second-order valence-electron chi connectivity index (χ2n) is 6.16. The lowest BCUT2D eigenvalue weighted by molar-refractivity contribution is -0.120. The Morgan fingerprint density at radius 1 is 1.07 bits per heavy atom. The van der Waals surface area contributed by atoms with Gasteiger partial charge >= 0.3 is 0 Å². The van der Waals surface area contributed by atoms with Crippen molar-refractivity contribution in [1.29, 1.82) is 0 Å². The predicted octanol–water partition coefficient (Wildman–Crippen LogP) is 2.84. The summed E-state index contributed by atoms with van der Waals surface area (Å²) in [6.45, 7) is 6.49. The van der Waals surface area contributed by atoms with Gasteiger partial charge in [0, 0.05) is 12.6 Å². The van der Waals surface area contributed by atoms with Crippen LogP contribution in [0.4, 0.5) is 0 Å². The van der Waals surface area contributed by atoms with Gasteiger partial charge in [-0.2, -0.15) is 0 Å².